The van der Waals surface area contributed by atoms with Crippen LogP contribution in [0.1, 0.15) is 26.3 Å². The first-order valence-electron chi connectivity index (χ1n) is 6.96. The largest absolute Gasteiger partial charge is 0.416 e. The number of nitrogens with zero attached hydrogens (tertiary/aromatic N) is 2. The van der Waals surface area contributed by atoms with Gasteiger partial charge < -0.3 is 4.43 Å². The van der Waals surface area contributed by atoms with Crippen LogP contribution in [0.5, 0.6) is 0 Å². The average molecular weight is 347 g/mol. The highest BCUT2D eigenvalue weighted by Crippen LogP contribution is 2.36. The van der Waals surface area contributed by atoms with Gasteiger partial charge in [-0.05, 0) is 42.4 Å². The van der Waals surface area contributed by atoms with E-state index in [1.807, 2.05) is 12.3 Å². The van der Waals surface area contributed by atoms with Crippen molar-refractivity contribution in [3.63, 3.8) is 0 Å². The van der Waals surface area contributed by atoms with Gasteiger partial charge >= 0.3 is 0 Å². The Morgan fingerprint density at radius 3 is 2.43 bits per heavy atom. The molecule has 7 heteroatoms. The van der Waals surface area contributed by atoms with Gasteiger partial charge in [0.15, 0.2) is 8.32 Å². The second kappa shape index (κ2) is 7.35. The first-order valence-corrected chi connectivity index (χ1v) is 12.7. The van der Waals surface area contributed by atoms with E-state index in [-0.39, 0.29) is 5.04 Å². The molecule has 0 aliphatic heterocycles. The number of hydrogen-bond acceptors (Lipinski definition) is 5. The van der Waals surface area contributed by atoms with Gasteiger partial charge in [0.2, 0.25) is 0 Å². The molecule has 1 aromatic rings. The molecule has 0 aliphatic rings. The molecule has 0 bridgehead atoms. The second-order valence-corrected chi connectivity index (χ2v) is 13.5. The molecule has 1 heterocycles. The van der Waals surface area contributed by atoms with Crippen LogP contribution in [0, 0.1) is 0 Å². The van der Waals surface area contributed by atoms with E-state index in [2.05, 4.69) is 44.1 Å². The fourth-order valence-electron chi connectivity index (χ4n) is 1.52. The van der Waals surface area contributed by atoms with Gasteiger partial charge in [-0.25, -0.2) is 0 Å². The zero-order valence-electron chi connectivity index (χ0n) is 14.0. The number of thioether (sulfide) groups is 1. The third kappa shape index (κ3) is 5.16. The molecule has 1 unspecified atom stereocenters. The van der Waals surface area contributed by atoms with Crippen molar-refractivity contribution in [2.75, 3.05) is 19.1 Å². The van der Waals surface area contributed by atoms with Gasteiger partial charge in [0.25, 0.3) is 0 Å². The van der Waals surface area contributed by atoms with Crippen LogP contribution in [0.3, 0.4) is 0 Å². The van der Waals surface area contributed by atoms with Crippen molar-refractivity contribution in [1.29, 1.82) is 0 Å². The highest BCUT2D eigenvalue weighted by Gasteiger charge is 2.36. The summed E-state index contributed by atoms with van der Waals surface area (Å²) in [6.07, 6.45) is 4.38. The standard InChI is InChI=1S/C14H26N2O2S2Si/c1-14(2,3)21(6,7)18-9-8-11-10-12(20(5)17)15-16-13(11)19-4/h10H,8-9H2,1-7H3. The van der Waals surface area contributed by atoms with Crippen molar-refractivity contribution >= 4 is 30.9 Å². The van der Waals surface area contributed by atoms with Crippen molar-refractivity contribution in [3.8, 4) is 0 Å². The summed E-state index contributed by atoms with van der Waals surface area (Å²) in [5.41, 5.74) is 1.07. The highest BCUT2D eigenvalue weighted by atomic mass is 32.2. The molecule has 1 aromatic heterocycles. The van der Waals surface area contributed by atoms with Gasteiger partial charge in [-0.1, -0.05) is 20.8 Å². The van der Waals surface area contributed by atoms with Crippen molar-refractivity contribution in [2.24, 2.45) is 0 Å². The van der Waals surface area contributed by atoms with E-state index in [1.165, 1.54) is 0 Å². The molecular weight excluding hydrogens is 320 g/mol. The van der Waals surface area contributed by atoms with E-state index in [0.29, 0.717) is 11.6 Å². The first kappa shape index (κ1) is 18.8. The van der Waals surface area contributed by atoms with Gasteiger partial charge in [0.05, 0.1) is 10.8 Å². The van der Waals surface area contributed by atoms with Crippen molar-refractivity contribution in [1.82, 2.24) is 10.2 Å². The van der Waals surface area contributed by atoms with Gasteiger partial charge in [-0.15, -0.1) is 22.0 Å². The van der Waals surface area contributed by atoms with Crippen LogP contribution in [-0.4, -0.2) is 41.8 Å². The van der Waals surface area contributed by atoms with Crippen LogP contribution in [0.2, 0.25) is 18.1 Å². The Hall–Kier alpha value is -0.243. The van der Waals surface area contributed by atoms with Crippen LogP contribution in [0.15, 0.2) is 16.1 Å². The van der Waals surface area contributed by atoms with Gasteiger partial charge in [-0.3, -0.25) is 4.21 Å². The Bertz CT molecular complexity index is 516. The molecule has 0 saturated carbocycles. The molecule has 0 aliphatic carbocycles. The molecule has 0 amide bonds. The number of hydrogen-bond donors (Lipinski definition) is 0. The first-order chi connectivity index (χ1) is 9.58. The maximum Gasteiger partial charge on any atom is 0.191 e. The summed E-state index contributed by atoms with van der Waals surface area (Å²) in [5, 5.41) is 9.80. The summed E-state index contributed by atoms with van der Waals surface area (Å²) >= 11 is 1.56. The van der Waals surface area contributed by atoms with Crippen molar-refractivity contribution < 1.29 is 8.63 Å². The summed E-state index contributed by atoms with van der Waals surface area (Å²) in [7, 11) is -2.83. The third-order valence-corrected chi connectivity index (χ3v) is 10.00. The zero-order chi connectivity index (χ0) is 16.3. The molecule has 0 aromatic carbocycles. The van der Waals surface area contributed by atoms with E-state index < -0.39 is 19.1 Å². The van der Waals surface area contributed by atoms with Gasteiger partial charge in [-0.2, -0.15) is 0 Å². The minimum absolute atomic E-state index is 0.210. The summed E-state index contributed by atoms with van der Waals surface area (Å²) in [6, 6.07) is 1.89. The minimum atomic E-state index is -1.72. The predicted octanol–water partition coefficient (Wildman–Crippen LogP) is 3.50. The smallest absolute Gasteiger partial charge is 0.191 e. The van der Waals surface area contributed by atoms with E-state index in [4.69, 9.17) is 4.43 Å². The Labute approximate surface area is 136 Å². The summed E-state index contributed by atoms with van der Waals surface area (Å²) < 4.78 is 17.7. The van der Waals surface area contributed by atoms with Crippen molar-refractivity contribution in [2.45, 2.75) is 55.4 Å². The highest BCUT2D eigenvalue weighted by molar-refractivity contribution is 7.98. The van der Waals surface area contributed by atoms with E-state index >= 15 is 0 Å². The quantitative estimate of drug-likeness (QED) is 0.583. The Balaban J connectivity index is 2.79. The number of aromatic nitrogens is 2. The lowest BCUT2D eigenvalue weighted by atomic mass is 10.2. The van der Waals surface area contributed by atoms with Crippen LogP contribution in [0.25, 0.3) is 0 Å². The minimum Gasteiger partial charge on any atom is -0.416 e. The summed E-state index contributed by atoms with van der Waals surface area (Å²) in [6.45, 7) is 11.9. The molecule has 1 atom stereocenters. The SMILES string of the molecule is CSc1nnc(S(C)=O)cc1CCO[Si](C)(C)C(C)(C)C. The Morgan fingerprint density at radius 1 is 1.33 bits per heavy atom. The lowest BCUT2D eigenvalue weighted by molar-refractivity contribution is 0.290. The molecule has 0 spiro atoms. The third-order valence-electron chi connectivity index (χ3n) is 3.94. The van der Waals surface area contributed by atoms with Crippen molar-refractivity contribution in [3.05, 3.63) is 11.6 Å². The van der Waals surface area contributed by atoms with Gasteiger partial charge in [0, 0.05) is 12.9 Å². The molecular formula is C14H26N2O2S2Si. The summed E-state index contributed by atoms with van der Waals surface area (Å²) in [4.78, 5) is 0. The lowest BCUT2D eigenvalue weighted by Gasteiger charge is -2.36. The maximum absolute atomic E-state index is 11.5. The molecule has 0 fully saturated rings. The van der Waals surface area contributed by atoms with Crippen LogP contribution in [0.4, 0.5) is 0 Å². The summed E-state index contributed by atoms with van der Waals surface area (Å²) in [5.74, 6) is 0. The molecule has 4 nitrogen and oxygen atoms in total. The fraction of sp³-hybridized carbons (Fsp3) is 0.714. The topological polar surface area (TPSA) is 52.1 Å². The molecule has 0 N–H and O–H groups in total. The van der Waals surface area contributed by atoms with E-state index in [0.717, 1.165) is 17.0 Å². The molecule has 0 radical (unpaired) electrons. The molecule has 120 valence electrons. The van der Waals surface area contributed by atoms with Gasteiger partial charge in [0.1, 0.15) is 10.1 Å². The molecule has 1 rings (SSSR count). The maximum atomic E-state index is 11.5. The average Bonchev–Trinajstić information content (AvgIpc) is 2.36. The molecule has 0 saturated heterocycles. The molecule has 21 heavy (non-hydrogen) atoms. The normalized spacial score (nSPS) is 14.2. The number of rotatable bonds is 6. The zero-order valence-corrected chi connectivity index (χ0v) is 16.7. The Morgan fingerprint density at radius 2 is 1.95 bits per heavy atom. The monoisotopic (exact) mass is 346 g/mol. The predicted molar refractivity (Wildman–Crippen MR) is 93.0 cm³/mol. The Kier molecular flexibility index (Phi) is 6.58. The van der Waals surface area contributed by atoms with Crippen LogP contribution >= 0.6 is 11.8 Å². The van der Waals surface area contributed by atoms with Crippen LogP contribution < -0.4 is 0 Å². The van der Waals surface area contributed by atoms with Crippen LogP contribution in [-0.2, 0) is 21.6 Å². The van der Waals surface area contributed by atoms with E-state index in [9.17, 15) is 4.21 Å². The fourth-order valence-corrected chi connectivity index (χ4v) is 3.58. The van der Waals surface area contributed by atoms with E-state index in [1.54, 1.807) is 18.0 Å². The lowest BCUT2D eigenvalue weighted by Crippen LogP contribution is -2.41. The second-order valence-electron chi connectivity index (χ2n) is 6.53.